The van der Waals surface area contributed by atoms with Crippen molar-refractivity contribution in [2.75, 3.05) is 5.75 Å². The third-order valence-corrected chi connectivity index (χ3v) is 4.82. The van der Waals surface area contributed by atoms with Crippen LogP contribution >= 0.6 is 11.8 Å². The zero-order valence-electron chi connectivity index (χ0n) is 13.9. The van der Waals surface area contributed by atoms with Crippen LogP contribution < -0.4 is 5.56 Å². The van der Waals surface area contributed by atoms with Crippen molar-refractivity contribution in [2.45, 2.75) is 18.6 Å². The van der Waals surface area contributed by atoms with E-state index in [1.54, 1.807) is 22.8 Å². The van der Waals surface area contributed by atoms with Gasteiger partial charge in [-0.25, -0.2) is 4.98 Å². The molecule has 0 saturated carbocycles. The van der Waals surface area contributed by atoms with E-state index in [9.17, 15) is 9.59 Å². The number of ketones is 1. The zero-order chi connectivity index (χ0) is 17.8. The Hall–Kier alpha value is -2.66. The summed E-state index contributed by atoms with van der Waals surface area (Å²) in [4.78, 5) is 29.6. The van der Waals surface area contributed by atoms with Crippen LogP contribution in [-0.2, 0) is 6.54 Å². The molecule has 0 aliphatic rings. The summed E-state index contributed by atoms with van der Waals surface area (Å²) >= 11 is 1.28. The lowest BCUT2D eigenvalue weighted by atomic mass is 10.1. The number of aryl methyl sites for hydroxylation is 1. The predicted molar refractivity (Wildman–Crippen MR) is 102 cm³/mol. The average molecular weight is 350 g/mol. The molecule has 0 amide bonds. The summed E-state index contributed by atoms with van der Waals surface area (Å²) in [6, 6.07) is 14.7. The number of rotatable bonds is 6. The third kappa shape index (κ3) is 3.72. The van der Waals surface area contributed by atoms with Crippen LogP contribution in [0.25, 0.3) is 10.9 Å². The number of fused-ring (bicyclic) bond motifs is 1. The van der Waals surface area contributed by atoms with E-state index in [4.69, 9.17) is 0 Å². The van der Waals surface area contributed by atoms with Gasteiger partial charge in [-0.2, -0.15) is 0 Å². The first kappa shape index (κ1) is 17.2. The first-order valence-electron chi connectivity index (χ1n) is 7.93. The van der Waals surface area contributed by atoms with Gasteiger partial charge in [-0.05, 0) is 19.1 Å². The van der Waals surface area contributed by atoms with Crippen molar-refractivity contribution in [1.29, 1.82) is 0 Å². The highest BCUT2D eigenvalue weighted by molar-refractivity contribution is 7.99. The fraction of sp³-hybridized carbons (Fsp3) is 0.150. The normalized spacial score (nSPS) is 10.8. The molecule has 0 bridgehead atoms. The van der Waals surface area contributed by atoms with E-state index < -0.39 is 0 Å². The van der Waals surface area contributed by atoms with Crippen LogP contribution in [0, 0.1) is 6.92 Å². The number of benzene rings is 2. The SMILES string of the molecule is C=CCn1c(SCC(=O)c2ccc(C)cc2)nc2ccccc2c1=O. The Balaban J connectivity index is 1.91. The molecule has 0 aliphatic heterocycles. The van der Waals surface area contributed by atoms with Crippen molar-refractivity contribution >= 4 is 28.4 Å². The number of hydrogen-bond acceptors (Lipinski definition) is 4. The molecule has 4 nitrogen and oxygen atoms in total. The molecule has 1 aromatic heterocycles. The third-order valence-electron chi connectivity index (χ3n) is 3.84. The van der Waals surface area contributed by atoms with Crippen LogP contribution in [0.5, 0.6) is 0 Å². The highest BCUT2D eigenvalue weighted by Crippen LogP contribution is 2.19. The molecule has 0 spiro atoms. The van der Waals surface area contributed by atoms with Crippen LogP contribution in [0.4, 0.5) is 0 Å². The number of hydrogen-bond donors (Lipinski definition) is 0. The van der Waals surface area contributed by atoms with Crippen LogP contribution in [0.1, 0.15) is 15.9 Å². The molecule has 0 radical (unpaired) electrons. The van der Waals surface area contributed by atoms with Crippen LogP contribution in [0.15, 0.2) is 71.1 Å². The van der Waals surface area contributed by atoms with Gasteiger partial charge in [0.25, 0.3) is 5.56 Å². The van der Waals surface area contributed by atoms with Gasteiger partial charge < -0.3 is 0 Å². The van der Waals surface area contributed by atoms with Crippen LogP contribution in [0.3, 0.4) is 0 Å². The average Bonchev–Trinajstić information content (AvgIpc) is 2.63. The Kier molecular flexibility index (Phi) is 5.14. The topological polar surface area (TPSA) is 52.0 Å². The molecule has 126 valence electrons. The molecule has 3 aromatic rings. The number of Topliss-reactive ketones (excluding diaryl/α,β-unsaturated/α-hetero) is 1. The molecule has 0 atom stereocenters. The van der Waals surface area contributed by atoms with Gasteiger partial charge >= 0.3 is 0 Å². The van der Waals surface area contributed by atoms with Crippen molar-refractivity contribution in [2.24, 2.45) is 0 Å². The maximum absolute atomic E-state index is 12.7. The maximum atomic E-state index is 12.7. The van der Waals surface area contributed by atoms with Gasteiger partial charge in [-0.1, -0.05) is 59.8 Å². The summed E-state index contributed by atoms with van der Waals surface area (Å²) in [6.07, 6.45) is 1.66. The highest BCUT2D eigenvalue weighted by Gasteiger charge is 2.13. The molecule has 5 heteroatoms. The largest absolute Gasteiger partial charge is 0.293 e. The standard InChI is InChI=1S/C20H18N2O2S/c1-3-12-22-19(24)16-6-4-5-7-17(16)21-20(22)25-13-18(23)15-10-8-14(2)9-11-15/h3-11H,1,12-13H2,2H3. The minimum atomic E-state index is -0.115. The first-order valence-corrected chi connectivity index (χ1v) is 8.92. The number of para-hydroxylation sites is 1. The van der Waals surface area contributed by atoms with E-state index in [0.29, 0.717) is 28.2 Å². The van der Waals surface area contributed by atoms with Crippen molar-refractivity contribution in [3.05, 3.63) is 82.7 Å². The summed E-state index contributed by atoms with van der Waals surface area (Å²) < 4.78 is 1.56. The molecule has 0 aliphatic carbocycles. The Morgan fingerprint density at radius 3 is 2.64 bits per heavy atom. The van der Waals surface area contributed by atoms with Crippen LogP contribution in [0.2, 0.25) is 0 Å². The quantitative estimate of drug-likeness (QED) is 0.293. The first-order chi connectivity index (χ1) is 12.1. The summed E-state index contributed by atoms with van der Waals surface area (Å²) in [6.45, 7) is 6.05. The van der Waals surface area contributed by atoms with E-state index in [0.717, 1.165) is 5.56 Å². The van der Waals surface area contributed by atoms with Gasteiger partial charge in [0.15, 0.2) is 10.9 Å². The van der Waals surface area contributed by atoms with Crippen LogP contribution in [-0.4, -0.2) is 21.1 Å². The van der Waals surface area contributed by atoms with Gasteiger partial charge in [0.1, 0.15) is 0 Å². The number of nitrogens with zero attached hydrogens (tertiary/aromatic N) is 2. The number of carbonyl (C=O) groups excluding carboxylic acids is 1. The summed E-state index contributed by atoms with van der Waals surface area (Å²) in [5, 5.41) is 1.10. The van der Waals surface area contributed by atoms with Crippen molar-refractivity contribution < 1.29 is 4.79 Å². The minimum absolute atomic E-state index is 0.0116. The van der Waals surface area contributed by atoms with Gasteiger partial charge in [0, 0.05) is 12.1 Å². The highest BCUT2D eigenvalue weighted by atomic mass is 32.2. The molecule has 0 saturated heterocycles. The predicted octanol–water partition coefficient (Wildman–Crippen LogP) is 3.87. The van der Waals surface area contributed by atoms with Crippen molar-refractivity contribution in [1.82, 2.24) is 9.55 Å². The number of aromatic nitrogens is 2. The smallest absolute Gasteiger partial charge is 0.262 e. The van der Waals surface area contributed by atoms with Crippen molar-refractivity contribution in [3.63, 3.8) is 0 Å². The van der Waals surface area contributed by atoms with E-state index >= 15 is 0 Å². The summed E-state index contributed by atoms with van der Waals surface area (Å²) in [5.41, 5.74) is 2.30. The summed E-state index contributed by atoms with van der Waals surface area (Å²) in [5.74, 6) is 0.239. The van der Waals surface area contributed by atoms with Crippen molar-refractivity contribution in [3.8, 4) is 0 Å². The van der Waals surface area contributed by atoms with Gasteiger partial charge in [-0.15, -0.1) is 6.58 Å². The molecule has 25 heavy (non-hydrogen) atoms. The molecule has 3 rings (SSSR count). The fourth-order valence-electron chi connectivity index (χ4n) is 2.50. The monoisotopic (exact) mass is 350 g/mol. The molecular formula is C20H18N2O2S. The van der Waals surface area contributed by atoms with Gasteiger partial charge in [0.05, 0.1) is 16.7 Å². The fourth-order valence-corrected chi connectivity index (χ4v) is 3.40. The number of thioether (sulfide) groups is 1. The van der Waals surface area contributed by atoms with E-state index in [-0.39, 0.29) is 17.1 Å². The minimum Gasteiger partial charge on any atom is -0.293 e. The molecule has 0 fully saturated rings. The lowest BCUT2D eigenvalue weighted by Crippen LogP contribution is -2.23. The molecule has 0 N–H and O–H groups in total. The lowest BCUT2D eigenvalue weighted by molar-refractivity contribution is 0.102. The summed E-state index contributed by atoms with van der Waals surface area (Å²) in [7, 11) is 0. The Morgan fingerprint density at radius 2 is 1.92 bits per heavy atom. The Morgan fingerprint density at radius 1 is 1.20 bits per heavy atom. The lowest BCUT2D eigenvalue weighted by Gasteiger charge is -2.11. The second-order valence-corrected chi connectivity index (χ2v) is 6.64. The molecular weight excluding hydrogens is 332 g/mol. The van der Waals surface area contributed by atoms with E-state index in [1.165, 1.54) is 11.8 Å². The number of carbonyl (C=O) groups is 1. The maximum Gasteiger partial charge on any atom is 0.262 e. The molecule has 0 unspecified atom stereocenters. The second kappa shape index (κ2) is 7.49. The second-order valence-electron chi connectivity index (χ2n) is 5.69. The van der Waals surface area contributed by atoms with E-state index in [1.807, 2.05) is 43.3 Å². The molecule has 1 heterocycles. The Bertz CT molecular complexity index is 991. The van der Waals surface area contributed by atoms with Gasteiger partial charge in [-0.3, -0.25) is 14.2 Å². The molecule has 2 aromatic carbocycles. The number of allylic oxidation sites excluding steroid dienone is 1. The van der Waals surface area contributed by atoms with Gasteiger partial charge in [0.2, 0.25) is 0 Å². The van der Waals surface area contributed by atoms with E-state index in [2.05, 4.69) is 11.6 Å². The Labute approximate surface area is 150 Å². The zero-order valence-corrected chi connectivity index (χ0v) is 14.8.